The number of nitrogens with zero attached hydrogens (tertiary/aromatic N) is 6. The Hall–Kier alpha value is -4.23. The fourth-order valence-corrected chi connectivity index (χ4v) is 4.25. The van der Waals surface area contributed by atoms with Crippen LogP contribution in [0.25, 0.3) is 22.8 Å². The maximum atomic E-state index is 13.1. The number of aliphatic hydroxyl groups excluding tert-OH is 1. The number of aliphatic hydroxyl groups is 1. The van der Waals surface area contributed by atoms with Gasteiger partial charge >= 0.3 is 0 Å². The normalized spacial score (nSPS) is 18.2. The van der Waals surface area contributed by atoms with Crippen LogP contribution in [-0.4, -0.2) is 76.4 Å². The summed E-state index contributed by atoms with van der Waals surface area (Å²) in [5, 5.41) is 12.9. The molecule has 4 aromatic heterocycles. The predicted octanol–water partition coefficient (Wildman–Crippen LogP) is 1.51. The third kappa shape index (κ3) is 4.29. The smallest absolute Gasteiger partial charge is 0.300 e. The van der Waals surface area contributed by atoms with Gasteiger partial charge in [-0.05, 0) is 18.6 Å². The van der Waals surface area contributed by atoms with Crippen LogP contribution in [0.15, 0.2) is 39.4 Å². The van der Waals surface area contributed by atoms with Gasteiger partial charge in [0.2, 0.25) is 11.5 Å². The van der Waals surface area contributed by atoms with Crippen LogP contribution in [0.3, 0.4) is 0 Å². The summed E-state index contributed by atoms with van der Waals surface area (Å²) in [5.74, 6) is 0.491. The van der Waals surface area contributed by atoms with Gasteiger partial charge in [-0.1, -0.05) is 6.07 Å². The molecule has 1 amide bonds. The van der Waals surface area contributed by atoms with E-state index in [0.717, 1.165) is 0 Å². The lowest BCUT2D eigenvalue weighted by Gasteiger charge is -2.24. The number of oxazole rings is 2. The van der Waals surface area contributed by atoms with Crippen LogP contribution in [0, 0.1) is 0 Å². The molecule has 0 bridgehead atoms. The van der Waals surface area contributed by atoms with Crippen molar-refractivity contribution in [1.29, 1.82) is 0 Å². The van der Waals surface area contributed by atoms with Gasteiger partial charge in [-0.3, -0.25) is 4.79 Å². The number of nitrogens with two attached hydrogens (primary N) is 1. The number of pyridine rings is 2. The van der Waals surface area contributed by atoms with Crippen molar-refractivity contribution >= 4 is 40.5 Å². The first-order valence-corrected chi connectivity index (χ1v) is 11.6. The van der Waals surface area contributed by atoms with Gasteiger partial charge in [0.1, 0.15) is 17.8 Å². The lowest BCUT2D eigenvalue weighted by Crippen LogP contribution is -2.36. The van der Waals surface area contributed by atoms with E-state index in [-0.39, 0.29) is 11.6 Å². The zero-order valence-electron chi connectivity index (χ0n) is 19.3. The molecule has 13 nitrogen and oxygen atoms in total. The number of nitrogen functional groups attached to an aromatic ring is 1. The first kappa shape index (κ1) is 22.2. The maximum Gasteiger partial charge on any atom is 0.300 e. The van der Waals surface area contributed by atoms with Crippen molar-refractivity contribution in [2.75, 3.05) is 60.2 Å². The van der Waals surface area contributed by atoms with E-state index >= 15 is 0 Å². The SMILES string of the molecule is Nc1cccc(-c2nc(C(=O)Nc3cc4oc(N5CCOCC5)nc4nc3N3CCC(O)C3)co2)n1. The third-order valence-corrected chi connectivity index (χ3v) is 6.07. The number of carbonyl (C=O) groups excluding carboxylic acids is 1. The fraction of sp³-hybridized carbons (Fsp3) is 0.348. The van der Waals surface area contributed by atoms with E-state index in [9.17, 15) is 9.90 Å². The number of β-amino-alcohol motifs (C(OH)–C–C–N with tert-alkyl or cyclic N) is 1. The zero-order valence-corrected chi connectivity index (χ0v) is 19.3. The van der Waals surface area contributed by atoms with E-state index in [2.05, 4.69) is 25.3 Å². The fourth-order valence-electron chi connectivity index (χ4n) is 4.25. The summed E-state index contributed by atoms with van der Waals surface area (Å²) in [6.45, 7) is 3.50. The Morgan fingerprint density at radius 3 is 2.75 bits per heavy atom. The zero-order chi connectivity index (χ0) is 24.6. The van der Waals surface area contributed by atoms with E-state index in [4.69, 9.17) is 19.3 Å². The van der Waals surface area contributed by atoms with Crippen LogP contribution in [0.4, 0.5) is 23.3 Å². The average molecular weight is 492 g/mol. The van der Waals surface area contributed by atoms with Gasteiger partial charge in [0.25, 0.3) is 11.9 Å². The Bertz CT molecular complexity index is 1410. The highest BCUT2D eigenvalue weighted by Gasteiger charge is 2.27. The standard InChI is InChI=1S/C23H24N8O5/c24-18-3-1-2-14(25-18)22-27-16(12-35-22)21(33)26-15-10-17-19(28-20(15)31-5-4-13(32)11-31)29-23(36-17)30-6-8-34-9-7-30/h1-3,10,12-13,32H,4-9,11H2,(H2,24,25)(H,26,33). The molecular weight excluding hydrogens is 468 g/mol. The van der Waals surface area contributed by atoms with Crippen LogP contribution in [0.2, 0.25) is 0 Å². The van der Waals surface area contributed by atoms with Crippen molar-refractivity contribution < 1.29 is 23.5 Å². The summed E-state index contributed by atoms with van der Waals surface area (Å²) in [6, 6.07) is 7.20. The lowest BCUT2D eigenvalue weighted by atomic mass is 10.3. The number of ether oxygens (including phenoxy) is 1. The second kappa shape index (κ2) is 9.09. The summed E-state index contributed by atoms with van der Waals surface area (Å²) in [7, 11) is 0. The summed E-state index contributed by atoms with van der Waals surface area (Å²) in [6.07, 6.45) is 1.38. The number of anilines is 4. The molecule has 6 heterocycles. The average Bonchev–Trinajstić information content (AvgIpc) is 3.63. The summed E-state index contributed by atoms with van der Waals surface area (Å²) in [4.78, 5) is 34.7. The van der Waals surface area contributed by atoms with Crippen LogP contribution in [0.1, 0.15) is 16.9 Å². The maximum absolute atomic E-state index is 13.1. The van der Waals surface area contributed by atoms with Gasteiger partial charge in [0, 0.05) is 32.2 Å². The van der Waals surface area contributed by atoms with E-state index < -0.39 is 12.0 Å². The quantitative estimate of drug-likeness (QED) is 0.368. The van der Waals surface area contributed by atoms with Gasteiger partial charge in [0.15, 0.2) is 17.1 Å². The van der Waals surface area contributed by atoms with Crippen molar-refractivity contribution in [3.8, 4) is 11.6 Å². The predicted molar refractivity (Wildman–Crippen MR) is 130 cm³/mol. The molecule has 2 fully saturated rings. The van der Waals surface area contributed by atoms with Gasteiger partial charge in [-0.25, -0.2) is 15.0 Å². The first-order valence-electron chi connectivity index (χ1n) is 11.6. The van der Waals surface area contributed by atoms with Crippen LogP contribution < -0.4 is 20.9 Å². The Morgan fingerprint density at radius 1 is 1.11 bits per heavy atom. The molecule has 4 N–H and O–H groups in total. The number of fused-ring (bicyclic) bond motifs is 1. The minimum absolute atomic E-state index is 0.0632. The van der Waals surface area contributed by atoms with Crippen molar-refractivity contribution in [2.24, 2.45) is 0 Å². The van der Waals surface area contributed by atoms with Crippen molar-refractivity contribution in [3.05, 3.63) is 36.2 Å². The highest BCUT2D eigenvalue weighted by molar-refractivity contribution is 6.05. The molecule has 2 saturated heterocycles. The first-order chi connectivity index (χ1) is 17.5. The second-order valence-corrected chi connectivity index (χ2v) is 8.61. The minimum atomic E-state index is -0.496. The van der Waals surface area contributed by atoms with Gasteiger partial charge in [0.05, 0.1) is 25.0 Å². The molecule has 36 heavy (non-hydrogen) atoms. The number of hydrogen-bond acceptors (Lipinski definition) is 12. The number of amides is 1. The Labute approximate surface area is 204 Å². The third-order valence-electron chi connectivity index (χ3n) is 6.07. The highest BCUT2D eigenvalue weighted by atomic mass is 16.5. The topological polar surface area (TPSA) is 169 Å². The molecule has 6 rings (SSSR count). The van der Waals surface area contributed by atoms with Crippen LogP contribution >= 0.6 is 0 Å². The minimum Gasteiger partial charge on any atom is -0.442 e. The molecule has 186 valence electrons. The highest BCUT2D eigenvalue weighted by Crippen LogP contribution is 2.33. The van der Waals surface area contributed by atoms with Gasteiger partial charge < -0.3 is 39.5 Å². The number of carbonyl (C=O) groups is 1. The summed E-state index contributed by atoms with van der Waals surface area (Å²) >= 11 is 0. The molecule has 0 aliphatic carbocycles. The summed E-state index contributed by atoms with van der Waals surface area (Å²) in [5.41, 5.74) is 7.48. The monoisotopic (exact) mass is 492 g/mol. The Morgan fingerprint density at radius 2 is 1.97 bits per heavy atom. The van der Waals surface area contributed by atoms with E-state index in [1.165, 1.54) is 6.26 Å². The van der Waals surface area contributed by atoms with Crippen molar-refractivity contribution in [3.63, 3.8) is 0 Å². The molecular formula is C23H24N8O5. The lowest BCUT2D eigenvalue weighted by molar-refractivity contribution is 0.102. The van der Waals surface area contributed by atoms with Crippen LogP contribution in [-0.2, 0) is 4.74 Å². The number of nitrogens with one attached hydrogen (secondary N) is 1. The molecule has 1 unspecified atom stereocenters. The molecule has 0 radical (unpaired) electrons. The van der Waals surface area contributed by atoms with Crippen molar-refractivity contribution in [1.82, 2.24) is 19.9 Å². The Kier molecular flexibility index (Phi) is 5.62. The molecule has 2 aliphatic heterocycles. The molecule has 0 aromatic carbocycles. The number of morpholine rings is 1. The molecule has 0 spiro atoms. The van der Waals surface area contributed by atoms with Gasteiger partial charge in [-0.2, -0.15) is 4.98 Å². The van der Waals surface area contributed by atoms with Crippen LogP contribution in [0.5, 0.6) is 0 Å². The molecule has 1 atom stereocenters. The van der Waals surface area contributed by atoms with E-state index in [1.807, 2.05) is 9.80 Å². The Balaban J connectivity index is 1.31. The molecule has 2 aliphatic rings. The van der Waals surface area contributed by atoms with Crippen molar-refractivity contribution in [2.45, 2.75) is 12.5 Å². The second-order valence-electron chi connectivity index (χ2n) is 8.61. The van der Waals surface area contributed by atoms with E-state index in [0.29, 0.717) is 86.1 Å². The van der Waals surface area contributed by atoms with Gasteiger partial charge in [-0.15, -0.1) is 0 Å². The summed E-state index contributed by atoms with van der Waals surface area (Å²) < 4.78 is 16.8. The largest absolute Gasteiger partial charge is 0.442 e. The molecule has 4 aromatic rings. The number of hydrogen-bond donors (Lipinski definition) is 3. The van der Waals surface area contributed by atoms with E-state index in [1.54, 1.807) is 24.3 Å². The molecule has 13 heteroatoms. The number of rotatable bonds is 5. The number of aromatic nitrogens is 4. The molecule has 0 saturated carbocycles.